The second-order valence-corrected chi connectivity index (χ2v) is 4.59. The molecule has 0 N–H and O–H groups in total. The van der Waals surface area contributed by atoms with E-state index in [2.05, 4.69) is 32.0 Å². The fourth-order valence-electron chi connectivity index (χ4n) is 2.16. The fourth-order valence-corrected chi connectivity index (χ4v) is 2.41. The van der Waals surface area contributed by atoms with Gasteiger partial charge in [0.15, 0.2) is 5.79 Å². The van der Waals surface area contributed by atoms with Crippen molar-refractivity contribution in [2.45, 2.75) is 26.1 Å². The van der Waals surface area contributed by atoms with E-state index in [0.29, 0.717) is 25.5 Å². The lowest BCUT2D eigenvalue weighted by molar-refractivity contribution is -0.167. The molecule has 16 heavy (non-hydrogen) atoms. The predicted molar refractivity (Wildman–Crippen MR) is 64.8 cm³/mol. The summed E-state index contributed by atoms with van der Waals surface area (Å²) in [6.07, 6.45) is 0.693. The Morgan fingerprint density at radius 3 is 2.56 bits per heavy atom. The number of benzene rings is 1. The standard InChI is InChI=1S/C13H17ClO2/c1-10-3-4-11(2)12(9-10)13(5-6-14)15-7-8-16-13/h3-4,9H,5-8H2,1-2H3. The second kappa shape index (κ2) is 4.74. The lowest BCUT2D eigenvalue weighted by Gasteiger charge is -2.29. The van der Waals surface area contributed by atoms with Gasteiger partial charge in [-0.3, -0.25) is 0 Å². The van der Waals surface area contributed by atoms with Gasteiger partial charge in [0.05, 0.1) is 13.2 Å². The Balaban J connectivity index is 2.42. The Bertz CT molecular complexity index is 370. The van der Waals surface area contributed by atoms with E-state index in [1.807, 2.05) is 0 Å². The molecule has 0 radical (unpaired) electrons. The molecule has 1 aliphatic heterocycles. The van der Waals surface area contributed by atoms with Gasteiger partial charge in [-0.05, 0) is 19.4 Å². The maximum Gasteiger partial charge on any atom is 0.196 e. The topological polar surface area (TPSA) is 18.5 Å². The highest BCUT2D eigenvalue weighted by molar-refractivity contribution is 6.17. The summed E-state index contributed by atoms with van der Waals surface area (Å²) in [4.78, 5) is 0. The summed E-state index contributed by atoms with van der Waals surface area (Å²) < 4.78 is 11.6. The molecule has 0 amide bonds. The lowest BCUT2D eigenvalue weighted by atomic mass is 9.96. The zero-order valence-corrected chi connectivity index (χ0v) is 10.5. The highest BCUT2D eigenvalue weighted by atomic mass is 35.5. The van der Waals surface area contributed by atoms with Crippen molar-refractivity contribution in [3.63, 3.8) is 0 Å². The Morgan fingerprint density at radius 2 is 1.94 bits per heavy atom. The maximum atomic E-state index is 5.85. The van der Waals surface area contributed by atoms with E-state index in [0.717, 1.165) is 5.56 Å². The van der Waals surface area contributed by atoms with Gasteiger partial charge in [-0.1, -0.05) is 23.8 Å². The summed E-state index contributed by atoms with van der Waals surface area (Å²) in [6, 6.07) is 6.33. The zero-order valence-electron chi connectivity index (χ0n) is 9.75. The summed E-state index contributed by atoms with van der Waals surface area (Å²) in [5.74, 6) is -0.0781. The van der Waals surface area contributed by atoms with Gasteiger partial charge >= 0.3 is 0 Å². The van der Waals surface area contributed by atoms with E-state index in [1.54, 1.807) is 0 Å². The number of alkyl halides is 1. The molecular formula is C13H17ClO2. The van der Waals surface area contributed by atoms with Gasteiger partial charge < -0.3 is 9.47 Å². The summed E-state index contributed by atoms with van der Waals surface area (Å²) in [6.45, 7) is 5.44. The van der Waals surface area contributed by atoms with Gasteiger partial charge in [0.25, 0.3) is 0 Å². The summed E-state index contributed by atoms with van der Waals surface area (Å²) >= 11 is 5.85. The van der Waals surface area contributed by atoms with Crippen LogP contribution in [0.2, 0.25) is 0 Å². The quantitative estimate of drug-likeness (QED) is 0.756. The van der Waals surface area contributed by atoms with E-state index in [9.17, 15) is 0 Å². The molecule has 0 bridgehead atoms. The minimum atomic E-state index is -0.613. The van der Waals surface area contributed by atoms with Crippen molar-refractivity contribution in [3.8, 4) is 0 Å². The van der Waals surface area contributed by atoms with Crippen molar-refractivity contribution in [2.75, 3.05) is 19.1 Å². The van der Waals surface area contributed by atoms with Crippen LogP contribution in [0.15, 0.2) is 18.2 Å². The molecular weight excluding hydrogens is 224 g/mol. The zero-order chi connectivity index (χ0) is 11.6. The third-order valence-electron chi connectivity index (χ3n) is 2.98. The van der Waals surface area contributed by atoms with E-state index >= 15 is 0 Å². The van der Waals surface area contributed by atoms with Gasteiger partial charge in [-0.2, -0.15) is 0 Å². The van der Waals surface area contributed by atoms with E-state index in [1.165, 1.54) is 11.1 Å². The van der Waals surface area contributed by atoms with Crippen LogP contribution in [0.3, 0.4) is 0 Å². The first-order valence-electron chi connectivity index (χ1n) is 5.59. The highest BCUT2D eigenvalue weighted by Crippen LogP contribution is 2.37. The van der Waals surface area contributed by atoms with Crippen molar-refractivity contribution in [1.29, 1.82) is 0 Å². The van der Waals surface area contributed by atoms with E-state index < -0.39 is 5.79 Å². The molecule has 1 saturated heterocycles. The molecule has 3 heteroatoms. The van der Waals surface area contributed by atoms with Crippen LogP contribution in [-0.2, 0) is 15.3 Å². The number of aryl methyl sites for hydroxylation is 2. The van der Waals surface area contributed by atoms with E-state index in [4.69, 9.17) is 21.1 Å². The number of hydrogen-bond donors (Lipinski definition) is 0. The second-order valence-electron chi connectivity index (χ2n) is 4.21. The number of halogens is 1. The number of hydrogen-bond acceptors (Lipinski definition) is 2. The van der Waals surface area contributed by atoms with Gasteiger partial charge in [0.1, 0.15) is 0 Å². The largest absolute Gasteiger partial charge is 0.343 e. The Labute approximate surface area is 102 Å². The van der Waals surface area contributed by atoms with E-state index in [-0.39, 0.29) is 0 Å². The maximum absolute atomic E-state index is 5.85. The van der Waals surface area contributed by atoms with Crippen LogP contribution in [0.4, 0.5) is 0 Å². The molecule has 1 aromatic rings. The number of rotatable bonds is 3. The van der Waals surface area contributed by atoms with Crippen LogP contribution in [0.25, 0.3) is 0 Å². The Hall–Kier alpha value is -0.570. The lowest BCUT2D eigenvalue weighted by Crippen LogP contribution is -2.28. The van der Waals surface area contributed by atoms with Crippen molar-refractivity contribution < 1.29 is 9.47 Å². The first kappa shape index (κ1) is 11.9. The molecule has 0 spiro atoms. The fraction of sp³-hybridized carbons (Fsp3) is 0.538. The van der Waals surface area contributed by atoms with Crippen LogP contribution >= 0.6 is 11.6 Å². The molecule has 1 heterocycles. The monoisotopic (exact) mass is 240 g/mol. The molecule has 0 aliphatic carbocycles. The predicted octanol–water partition coefficient (Wildman–Crippen LogP) is 3.13. The van der Waals surface area contributed by atoms with Crippen molar-refractivity contribution >= 4 is 11.6 Å². The van der Waals surface area contributed by atoms with Crippen molar-refractivity contribution in [3.05, 3.63) is 34.9 Å². The molecule has 1 aromatic carbocycles. The minimum Gasteiger partial charge on any atom is -0.343 e. The molecule has 0 saturated carbocycles. The molecule has 1 fully saturated rings. The van der Waals surface area contributed by atoms with Gasteiger partial charge in [-0.15, -0.1) is 11.6 Å². The molecule has 0 aromatic heterocycles. The van der Waals surface area contributed by atoms with Crippen molar-refractivity contribution in [2.24, 2.45) is 0 Å². The minimum absolute atomic E-state index is 0.535. The van der Waals surface area contributed by atoms with Gasteiger partial charge in [0.2, 0.25) is 0 Å². The normalized spacial score (nSPS) is 18.9. The third kappa shape index (κ3) is 2.10. The average molecular weight is 241 g/mol. The Kier molecular flexibility index (Phi) is 3.53. The molecule has 2 nitrogen and oxygen atoms in total. The highest BCUT2D eigenvalue weighted by Gasteiger charge is 2.38. The van der Waals surface area contributed by atoms with Crippen LogP contribution in [0, 0.1) is 13.8 Å². The molecule has 0 atom stereocenters. The van der Waals surface area contributed by atoms with Crippen LogP contribution < -0.4 is 0 Å². The Morgan fingerprint density at radius 1 is 1.25 bits per heavy atom. The SMILES string of the molecule is Cc1ccc(C)c(C2(CCCl)OCCO2)c1. The number of ether oxygens (including phenoxy) is 2. The summed E-state index contributed by atoms with van der Waals surface area (Å²) in [5, 5.41) is 0. The summed E-state index contributed by atoms with van der Waals surface area (Å²) in [5.41, 5.74) is 3.52. The van der Waals surface area contributed by atoms with Crippen LogP contribution in [-0.4, -0.2) is 19.1 Å². The van der Waals surface area contributed by atoms with Gasteiger partial charge in [-0.25, -0.2) is 0 Å². The molecule has 88 valence electrons. The van der Waals surface area contributed by atoms with Crippen LogP contribution in [0.1, 0.15) is 23.1 Å². The first-order valence-corrected chi connectivity index (χ1v) is 6.13. The van der Waals surface area contributed by atoms with Crippen molar-refractivity contribution in [1.82, 2.24) is 0 Å². The average Bonchev–Trinajstić information content (AvgIpc) is 2.72. The van der Waals surface area contributed by atoms with Gasteiger partial charge in [0, 0.05) is 17.9 Å². The first-order chi connectivity index (χ1) is 7.68. The molecule has 0 unspecified atom stereocenters. The smallest absolute Gasteiger partial charge is 0.196 e. The third-order valence-corrected chi connectivity index (χ3v) is 3.17. The molecule has 1 aliphatic rings. The molecule has 2 rings (SSSR count). The summed E-state index contributed by atoms with van der Waals surface area (Å²) in [7, 11) is 0. The van der Waals surface area contributed by atoms with Crippen LogP contribution in [0.5, 0.6) is 0 Å².